The fourth-order valence-electron chi connectivity index (χ4n) is 3.18. The molecule has 2 fully saturated rings. The van der Waals surface area contributed by atoms with E-state index in [0.29, 0.717) is 12.6 Å². The first-order valence-corrected chi connectivity index (χ1v) is 9.95. The van der Waals surface area contributed by atoms with Gasteiger partial charge in [0.2, 0.25) is 0 Å². The molecular weight excluding hydrogens is 336 g/mol. The molecule has 1 saturated heterocycles. The minimum absolute atomic E-state index is 0.142. The predicted octanol–water partition coefficient (Wildman–Crippen LogP) is 1.08. The van der Waals surface area contributed by atoms with Crippen molar-refractivity contribution in [1.82, 2.24) is 20.7 Å². The van der Waals surface area contributed by atoms with Gasteiger partial charge in [0.05, 0.1) is 29.7 Å². The van der Waals surface area contributed by atoms with Gasteiger partial charge in [0, 0.05) is 38.0 Å². The van der Waals surface area contributed by atoms with Gasteiger partial charge in [-0.25, -0.2) is 9.97 Å². The maximum Gasteiger partial charge on any atom is 0.160 e. The Bertz CT molecular complexity index is 634. The summed E-state index contributed by atoms with van der Waals surface area (Å²) in [5.74, 6) is 7.27. The number of anilines is 1. The fraction of sp³-hybridized carbons (Fsp3) is 0.647. The normalized spacial score (nSPS) is 22.8. The maximum absolute atomic E-state index is 5.58. The van der Waals surface area contributed by atoms with Crippen LogP contribution in [-0.2, 0) is 9.48 Å². The first-order chi connectivity index (χ1) is 12.1. The minimum Gasteiger partial charge on any atom is -0.394 e. The van der Waals surface area contributed by atoms with E-state index < -0.39 is 0 Å². The van der Waals surface area contributed by atoms with Crippen LogP contribution in [0.1, 0.15) is 31.3 Å². The van der Waals surface area contributed by atoms with Gasteiger partial charge in [0.25, 0.3) is 0 Å². The monoisotopic (exact) mass is 364 g/mol. The van der Waals surface area contributed by atoms with Crippen LogP contribution in [0.25, 0.3) is 5.57 Å². The zero-order valence-electron chi connectivity index (χ0n) is 15.2. The predicted molar refractivity (Wildman–Crippen MR) is 103 cm³/mol. The molecule has 1 aromatic heterocycles. The molecule has 1 atom stereocenters. The van der Waals surface area contributed by atoms with Crippen molar-refractivity contribution in [2.75, 3.05) is 44.5 Å². The molecule has 1 aliphatic carbocycles. The minimum atomic E-state index is 0.142. The van der Waals surface area contributed by atoms with Crippen molar-refractivity contribution in [3.8, 4) is 0 Å². The molecule has 7 nitrogen and oxygen atoms in total. The lowest BCUT2D eigenvalue weighted by atomic mass is 10.2. The number of thioether (sulfide) groups is 1. The third-order valence-electron chi connectivity index (χ3n) is 4.83. The number of hydrazine groups is 1. The summed E-state index contributed by atoms with van der Waals surface area (Å²) in [5.41, 5.74) is 4.79. The molecule has 2 aliphatic rings. The molecule has 0 radical (unpaired) electrons. The molecule has 0 spiro atoms. The van der Waals surface area contributed by atoms with Crippen LogP contribution < -0.4 is 21.5 Å². The Kier molecular flexibility index (Phi) is 5.83. The van der Waals surface area contributed by atoms with Gasteiger partial charge in [-0.3, -0.25) is 11.3 Å². The number of morpholine rings is 1. The van der Waals surface area contributed by atoms with Crippen molar-refractivity contribution < 1.29 is 4.74 Å². The molecule has 0 unspecified atom stereocenters. The van der Waals surface area contributed by atoms with Crippen molar-refractivity contribution in [2.24, 2.45) is 5.84 Å². The van der Waals surface area contributed by atoms with Gasteiger partial charge >= 0.3 is 0 Å². The molecule has 8 heteroatoms. The van der Waals surface area contributed by atoms with Crippen molar-refractivity contribution in [2.45, 2.75) is 30.6 Å². The largest absolute Gasteiger partial charge is 0.394 e. The van der Waals surface area contributed by atoms with E-state index in [9.17, 15) is 0 Å². The molecule has 0 aromatic carbocycles. The van der Waals surface area contributed by atoms with Crippen LogP contribution in [0.3, 0.4) is 0 Å². The number of nitrogens with zero attached hydrogens (tertiary/aromatic N) is 3. The number of hydrogen-bond donors (Lipinski definition) is 3. The Morgan fingerprint density at radius 3 is 2.92 bits per heavy atom. The lowest BCUT2D eigenvalue weighted by molar-refractivity contribution is 0.0985. The van der Waals surface area contributed by atoms with E-state index in [0.717, 1.165) is 42.7 Å². The SMILES string of the molecule is CN/C=C(\CNN)c1nc(N2CCOC[C@@H]2C)cc(C2(SC)CC2)n1. The molecular formula is C17H28N6OS. The lowest BCUT2D eigenvalue weighted by Crippen LogP contribution is -2.44. The lowest BCUT2D eigenvalue weighted by Gasteiger charge is -2.35. The smallest absolute Gasteiger partial charge is 0.160 e. The Hall–Kier alpha value is -1.35. The van der Waals surface area contributed by atoms with Gasteiger partial charge in [-0.15, -0.1) is 0 Å². The van der Waals surface area contributed by atoms with Gasteiger partial charge in [-0.1, -0.05) is 0 Å². The highest BCUT2D eigenvalue weighted by molar-refractivity contribution is 7.99. The third-order valence-corrected chi connectivity index (χ3v) is 6.23. The number of rotatable bonds is 7. The van der Waals surface area contributed by atoms with Crippen LogP contribution in [0.15, 0.2) is 12.3 Å². The number of nitrogens with two attached hydrogens (primary N) is 1. The average molecular weight is 365 g/mol. The molecule has 1 aliphatic heterocycles. The molecule has 0 bridgehead atoms. The van der Waals surface area contributed by atoms with Crippen LogP contribution in [0.4, 0.5) is 5.82 Å². The zero-order valence-corrected chi connectivity index (χ0v) is 16.0. The zero-order chi connectivity index (χ0) is 17.9. The second kappa shape index (κ2) is 7.90. The van der Waals surface area contributed by atoms with E-state index in [1.807, 2.05) is 25.0 Å². The average Bonchev–Trinajstić information content (AvgIpc) is 3.43. The van der Waals surface area contributed by atoms with Gasteiger partial charge in [0.1, 0.15) is 5.82 Å². The van der Waals surface area contributed by atoms with Gasteiger partial charge in [0.15, 0.2) is 5.82 Å². The number of hydrogen-bond acceptors (Lipinski definition) is 8. The van der Waals surface area contributed by atoms with E-state index in [1.54, 1.807) is 0 Å². The highest BCUT2D eigenvalue weighted by atomic mass is 32.2. The summed E-state index contributed by atoms with van der Waals surface area (Å²) in [6.07, 6.45) is 6.41. The molecule has 1 saturated carbocycles. The highest BCUT2D eigenvalue weighted by Gasteiger charge is 2.45. The van der Waals surface area contributed by atoms with E-state index in [-0.39, 0.29) is 4.75 Å². The Labute approximate surface area is 153 Å². The molecule has 4 N–H and O–H groups in total. The first-order valence-electron chi connectivity index (χ1n) is 8.73. The summed E-state index contributed by atoms with van der Waals surface area (Å²) in [6.45, 7) is 4.99. The number of aromatic nitrogens is 2. The van der Waals surface area contributed by atoms with Crippen molar-refractivity contribution in [3.05, 3.63) is 23.8 Å². The quantitative estimate of drug-likeness (QED) is 0.489. The first kappa shape index (κ1) is 18.4. The third kappa shape index (κ3) is 3.92. The van der Waals surface area contributed by atoms with Crippen LogP contribution in [-0.4, -0.2) is 55.6 Å². The summed E-state index contributed by atoms with van der Waals surface area (Å²) in [7, 11) is 1.87. The van der Waals surface area contributed by atoms with Gasteiger partial charge in [-0.05, 0) is 26.0 Å². The molecule has 2 heterocycles. The molecule has 25 heavy (non-hydrogen) atoms. The van der Waals surface area contributed by atoms with E-state index >= 15 is 0 Å². The molecule has 0 amide bonds. The second-order valence-electron chi connectivity index (χ2n) is 6.59. The fourth-order valence-corrected chi connectivity index (χ4v) is 4.01. The Morgan fingerprint density at radius 2 is 2.32 bits per heavy atom. The number of nitrogens with one attached hydrogen (secondary N) is 2. The van der Waals surface area contributed by atoms with Crippen LogP contribution >= 0.6 is 11.8 Å². The van der Waals surface area contributed by atoms with Crippen LogP contribution in [0.5, 0.6) is 0 Å². The molecule has 138 valence electrons. The molecule has 3 rings (SSSR count). The Morgan fingerprint density at radius 1 is 1.52 bits per heavy atom. The second-order valence-corrected chi connectivity index (χ2v) is 7.78. The summed E-state index contributed by atoms with van der Waals surface area (Å²) in [5, 5.41) is 3.07. The van der Waals surface area contributed by atoms with E-state index in [1.165, 1.54) is 12.8 Å². The van der Waals surface area contributed by atoms with Crippen molar-refractivity contribution >= 4 is 23.2 Å². The highest BCUT2D eigenvalue weighted by Crippen LogP contribution is 2.55. The summed E-state index contributed by atoms with van der Waals surface area (Å²) in [6, 6.07) is 2.47. The van der Waals surface area contributed by atoms with Crippen molar-refractivity contribution in [3.63, 3.8) is 0 Å². The molecule has 1 aromatic rings. The van der Waals surface area contributed by atoms with Crippen LogP contribution in [0.2, 0.25) is 0 Å². The van der Waals surface area contributed by atoms with Crippen LogP contribution in [0, 0.1) is 0 Å². The van der Waals surface area contributed by atoms with E-state index in [4.69, 9.17) is 20.5 Å². The summed E-state index contributed by atoms with van der Waals surface area (Å²) < 4.78 is 5.72. The number of ether oxygens (including phenoxy) is 1. The maximum atomic E-state index is 5.58. The standard InChI is InChI=1S/C17H28N6OS/c1-12-11-24-7-6-23(12)15-8-14(17(25-3)4-5-17)21-16(22-15)13(9-19-2)10-20-18/h8-9,12,19-20H,4-7,10-11,18H2,1-3H3/b13-9+/t12-/m0/s1. The summed E-state index contributed by atoms with van der Waals surface area (Å²) >= 11 is 1.89. The van der Waals surface area contributed by atoms with Crippen molar-refractivity contribution in [1.29, 1.82) is 0 Å². The van der Waals surface area contributed by atoms with E-state index in [2.05, 4.69) is 34.9 Å². The van der Waals surface area contributed by atoms with Gasteiger partial charge < -0.3 is 15.0 Å². The van der Waals surface area contributed by atoms with Gasteiger partial charge in [-0.2, -0.15) is 11.8 Å². The summed E-state index contributed by atoms with van der Waals surface area (Å²) in [4.78, 5) is 12.1. The topological polar surface area (TPSA) is 88.3 Å². The Balaban J connectivity index is 2.03.